The van der Waals surface area contributed by atoms with Gasteiger partial charge in [0.25, 0.3) is 5.91 Å². The van der Waals surface area contributed by atoms with E-state index in [0.29, 0.717) is 35.8 Å². The number of ketones is 2. The standard InChI is InChI=1S/C27H44N2O4S2.C13H24N2O3.C2H6/c1-9-34-17-22(18-35-19(2)3)24(31)20-10-12-21(13-11-20)25(32)28-16-23(30)29-27(7,8)14-15-33-26(4,5)6;1-6-11(17)15-12(9(4)5)13(18)14-7-10(16)8(2)3;1-2/h10-13,19,22H,9,14-18H2,1-8H3,(H,28,32)(H,29,30);8-9,12H,6-7H2,1-5H3,(H,14,18)(H,15,17);1-2H3. The number of Topliss-reactive ketones (excluding diaryl/α,β-unsaturated/α-hetero) is 2. The van der Waals surface area contributed by atoms with Crippen molar-refractivity contribution in [3.63, 3.8) is 0 Å². The van der Waals surface area contributed by atoms with Crippen molar-refractivity contribution in [2.24, 2.45) is 17.8 Å². The Balaban J connectivity index is 0. The lowest BCUT2D eigenvalue weighted by Gasteiger charge is -2.28. The summed E-state index contributed by atoms with van der Waals surface area (Å²) in [5, 5.41) is 11.3. The SMILES string of the molecule is CC.CCC(=O)NC(C(=O)NCC(=O)C(C)C)C(C)C.CCSCC(CSC(C)C)C(=O)c1ccc(C(=O)NCC(=O)NC(C)(C)CCOC(C)(C)C)cc1. The highest BCUT2D eigenvalue weighted by Crippen LogP contribution is 2.22. The second-order valence-corrected chi connectivity index (χ2v) is 18.4. The van der Waals surface area contributed by atoms with Gasteiger partial charge in [-0.15, -0.1) is 0 Å². The molecular formula is C42H74N4O7S2. The van der Waals surface area contributed by atoms with Gasteiger partial charge < -0.3 is 26.0 Å². The van der Waals surface area contributed by atoms with Crippen LogP contribution in [-0.4, -0.2) is 94.6 Å². The summed E-state index contributed by atoms with van der Waals surface area (Å²) in [6.45, 7) is 29.6. The van der Waals surface area contributed by atoms with Crippen molar-refractivity contribution in [1.82, 2.24) is 21.3 Å². The summed E-state index contributed by atoms with van der Waals surface area (Å²) >= 11 is 3.57. The summed E-state index contributed by atoms with van der Waals surface area (Å²) in [6, 6.07) is 6.12. The van der Waals surface area contributed by atoms with E-state index in [1.807, 2.05) is 62.3 Å². The summed E-state index contributed by atoms with van der Waals surface area (Å²) in [5.41, 5.74) is 0.361. The zero-order valence-electron chi connectivity index (χ0n) is 36.5. The average Bonchev–Trinajstić information content (AvgIpc) is 3.11. The van der Waals surface area contributed by atoms with Gasteiger partial charge >= 0.3 is 0 Å². The molecule has 1 aromatic carbocycles. The van der Waals surface area contributed by atoms with Crippen molar-refractivity contribution in [2.45, 2.75) is 139 Å². The number of amides is 4. The van der Waals surface area contributed by atoms with Gasteiger partial charge in [0.05, 0.1) is 18.7 Å². The Morgan fingerprint density at radius 3 is 1.80 bits per heavy atom. The first-order chi connectivity index (χ1) is 25.5. The lowest BCUT2D eigenvalue weighted by molar-refractivity contribution is -0.131. The van der Waals surface area contributed by atoms with Gasteiger partial charge in [-0.05, 0) is 70.1 Å². The van der Waals surface area contributed by atoms with Crippen molar-refractivity contribution in [2.75, 3.05) is 37.0 Å². The van der Waals surface area contributed by atoms with Crippen LogP contribution in [0.25, 0.3) is 0 Å². The number of carbonyl (C=O) groups is 6. The third kappa shape index (κ3) is 25.8. The number of hydrogen-bond acceptors (Lipinski definition) is 9. The van der Waals surface area contributed by atoms with E-state index in [2.05, 4.69) is 42.0 Å². The molecule has 11 nitrogen and oxygen atoms in total. The molecule has 55 heavy (non-hydrogen) atoms. The van der Waals surface area contributed by atoms with Crippen molar-refractivity contribution >= 4 is 58.7 Å². The largest absolute Gasteiger partial charge is 0.376 e. The van der Waals surface area contributed by atoms with E-state index in [4.69, 9.17) is 4.74 Å². The van der Waals surface area contributed by atoms with E-state index in [0.717, 1.165) is 17.3 Å². The third-order valence-corrected chi connectivity index (χ3v) is 10.1. The lowest BCUT2D eigenvalue weighted by atomic mass is 9.99. The number of thioether (sulfide) groups is 2. The molecule has 1 rings (SSSR count). The first kappa shape index (κ1) is 54.2. The van der Waals surface area contributed by atoms with Crippen LogP contribution < -0.4 is 21.3 Å². The van der Waals surface area contributed by atoms with Gasteiger partial charge in [-0.3, -0.25) is 28.8 Å². The first-order valence-corrected chi connectivity index (χ1v) is 21.9. The van der Waals surface area contributed by atoms with Gasteiger partial charge in [0.1, 0.15) is 6.04 Å². The number of ether oxygens (including phenoxy) is 1. The predicted octanol–water partition coefficient (Wildman–Crippen LogP) is 7.11. The normalized spacial score (nSPS) is 12.4. The Labute approximate surface area is 341 Å². The third-order valence-electron chi connectivity index (χ3n) is 7.77. The maximum absolute atomic E-state index is 13.0. The quantitative estimate of drug-likeness (QED) is 0.0896. The van der Waals surface area contributed by atoms with Crippen molar-refractivity contribution in [3.8, 4) is 0 Å². The Hall–Kier alpha value is -2.90. The molecule has 0 aliphatic carbocycles. The highest BCUT2D eigenvalue weighted by Gasteiger charge is 2.25. The summed E-state index contributed by atoms with van der Waals surface area (Å²) in [7, 11) is 0. The molecule has 1 aromatic rings. The van der Waals surface area contributed by atoms with Gasteiger partial charge in [-0.25, -0.2) is 0 Å². The highest BCUT2D eigenvalue weighted by molar-refractivity contribution is 8.00. The number of carbonyl (C=O) groups excluding carboxylic acids is 6. The number of rotatable bonds is 22. The molecule has 2 unspecified atom stereocenters. The van der Waals surface area contributed by atoms with Crippen molar-refractivity contribution < 1.29 is 33.5 Å². The Bertz CT molecular complexity index is 1310. The van der Waals surface area contributed by atoms with E-state index >= 15 is 0 Å². The van der Waals surface area contributed by atoms with E-state index in [9.17, 15) is 28.8 Å². The first-order valence-electron chi connectivity index (χ1n) is 19.7. The van der Waals surface area contributed by atoms with Crippen LogP contribution in [0, 0.1) is 17.8 Å². The van der Waals surface area contributed by atoms with Crippen molar-refractivity contribution in [1.29, 1.82) is 0 Å². The molecule has 0 spiro atoms. The molecule has 0 bridgehead atoms. The molecule has 0 radical (unpaired) electrons. The molecule has 0 saturated heterocycles. The molecule has 4 amide bonds. The molecule has 316 valence electrons. The molecule has 0 saturated carbocycles. The minimum Gasteiger partial charge on any atom is -0.376 e. The van der Waals surface area contributed by atoms with E-state index in [1.165, 1.54) is 0 Å². The van der Waals surface area contributed by atoms with Crippen LogP contribution in [-0.2, 0) is 23.9 Å². The van der Waals surface area contributed by atoms with Crippen LogP contribution in [0.1, 0.15) is 137 Å². The lowest BCUT2D eigenvalue weighted by Crippen LogP contribution is -2.50. The Morgan fingerprint density at radius 1 is 0.764 bits per heavy atom. The topological polar surface area (TPSA) is 160 Å². The van der Waals surface area contributed by atoms with Gasteiger partial charge in [0.15, 0.2) is 11.6 Å². The fourth-order valence-electron chi connectivity index (χ4n) is 4.45. The van der Waals surface area contributed by atoms with Gasteiger partial charge in [0, 0.05) is 53.0 Å². The number of benzene rings is 1. The summed E-state index contributed by atoms with van der Waals surface area (Å²) in [5.74, 6) is 1.41. The Kier molecular flexibility index (Phi) is 28.1. The average molecular weight is 811 g/mol. The van der Waals surface area contributed by atoms with Crippen LogP contribution in [0.15, 0.2) is 24.3 Å². The molecule has 2 atom stereocenters. The molecule has 0 fully saturated rings. The minimum absolute atomic E-state index is 0.0156. The maximum Gasteiger partial charge on any atom is 0.251 e. The van der Waals surface area contributed by atoms with Crippen LogP contribution in [0.2, 0.25) is 0 Å². The molecule has 0 aliphatic rings. The maximum atomic E-state index is 13.0. The second-order valence-electron chi connectivity index (χ2n) is 15.5. The summed E-state index contributed by atoms with van der Waals surface area (Å²) in [6.07, 6.45) is 0.994. The fourth-order valence-corrected chi connectivity index (χ4v) is 6.27. The zero-order chi connectivity index (χ0) is 42.9. The van der Waals surface area contributed by atoms with E-state index in [1.54, 1.807) is 68.6 Å². The zero-order valence-corrected chi connectivity index (χ0v) is 38.2. The monoisotopic (exact) mass is 810 g/mol. The second kappa shape index (κ2) is 28.5. The van der Waals surface area contributed by atoms with Crippen LogP contribution in [0.3, 0.4) is 0 Å². The number of hydrogen-bond donors (Lipinski definition) is 4. The smallest absolute Gasteiger partial charge is 0.251 e. The van der Waals surface area contributed by atoms with Crippen LogP contribution in [0.4, 0.5) is 0 Å². The van der Waals surface area contributed by atoms with Gasteiger partial charge in [0.2, 0.25) is 17.7 Å². The molecule has 0 heterocycles. The summed E-state index contributed by atoms with van der Waals surface area (Å²) in [4.78, 5) is 72.5. The Morgan fingerprint density at radius 2 is 1.33 bits per heavy atom. The van der Waals surface area contributed by atoms with E-state index in [-0.39, 0.29) is 71.6 Å². The highest BCUT2D eigenvalue weighted by atomic mass is 32.2. The van der Waals surface area contributed by atoms with Gasteiger partial charge in [-0.1, -0.05) is 81.4 Å². The fraction of sp³-hybridized carbons (Fsp3) is 0.714. The number of nitrogens with one attached hydrogen (secondary N) is 4. The van der Waals surface area contributed by atoms with Crippen LogP contribution >= 0.6 is 23.5 Å². The summed E-state index contributed by atoms with van der Waals surface area (Å²) < 4.78 is 5.74. The molecule has 0 aromatic heterocycles. The minimum atomic E-state index is -0.586. The van der Waals surface area contributed by atoms with Gasteiger partial charge in [-0.2, -0.15) is 23.5 Å². The predicted molar refractivity (Wildman–Crippen MR) is 231 cm³/mol. The van der Waals surface area contributed by atoms with Crippen LogP contribution in [0.5, 0.6) is 0 Å². The molecule has 4 N–H and O–H groups in total. The molecule has 13 heteroatoms. The molecular weight excluding hydrogens is 737 g/mol. The van der Waals surface area contributed by atoms with Crippen molar-refractivity contribution in [3.05, 3.63) is 35.4 Å². The van der Waals surface area contributed by atoms with E-state index < -0.39 is 11.6 Å². The molecule has 0 aliphatic heterocycles.